The van der Waals surface area contributed by atoms with Crippen LogP contribution in [-0.4, -0.2) is 19.3 Å². The highest BCUT2D eigenvalue weighted by Crippen LogP contribution is 2.38. The molecule has 21 heavy (non-hydrogen) atoms. The van der Waals surface area contributed by atoms with Crippen molar-refractivity contribution < 1.29 is 19.0 Å². The lowest BCUT2D eigenvalue weighted by Gasteiger charge is -2.16. The number of methoxy groups -OCH3 is 2. The molecule has 0 aliphatic rings. The Kier molecular flexibility index (Phi) is 4.93. The van der Waals surface area contributed by atoms with Gasteiger partial charge in [0.2, 0.25) is 0 Å². The number of benzene rings is 2. The first-order chi connectivity index (χ1) is 9.97. The molecule has 0 fully saturated rings. The van der Waals surface area contributed by atoms with Gasteiger partial charge in [0.1, 0.15) is 11.9 Å². The number of halogens is 3. The lowest BCUT2D eigenvalue weighted by Crippen LogP contribution is -2.02. The van der Waals surface area contributed by atoms with Gasteiger partial charge < -0.3 is 14.6 Å². The molecule has 0 aromatic heterocycles. The molecule has 1 atom stereocenters. The van der Waals surface area contributed by atoms with Gasteiger partial charge in [0.05, 0.1) is 24.3 Å². The van der Waals surface area contributed by atoms with Gasteiger partial charge in [-0.3, -0.25) is 0 Å². The first-order valence-corrected chi connectivity index (χ1v) is 6.78. The maximum absolute atomic E-state index is 13.2. The van der Waals surface area contributed by atoms with Crippen LogP contribution in [0, 0.1) is 5.82 Å². The van der Waals surface area contributed by atoms with Crippen molar-refractivity contribution in [3.8, 4) is 11.5 Å². The third-order valence-electron chi connectivity index (χ3n) is 3.06. The normalized spacial score (nSPS) is 12.1. The molecule has 0 aliphatic carbocycles. The number of aliphatic hydroxyl groups is 1. The van der Waals surface area contributed by atoms with Crippen LogP contribution < -0.4 is 9.47 Å². The Morgan fingerprint density at radius 2 is 1.62 bits per heavy atom. The molecule has 0 spiro atoms. The van der Waals surface area contributed by atoms with Crippen molar-refractivity contribution in [2.75, 3.05) is 14.2 Å². The predicted molar refractivity (Wildman–Crippen MR) is 80.0 cm³/mol. The lowest BCUT2D eigenvalue weighted by atomic mass is 10.0. The molecule has 0 heterocycles. The summed E-state index contributed by atoms with van der Waals surface area (Å²) in [5, 5.41) is 10.6. The first kappa shape index (κ1) is 15.9. The molecule has 112 valence electrons. The van der Waals surface area contributed by atoms with E-state index < -0.39 is 11.9 Å². The van der Waals surface area contributed by atoms with E-state index in [-0.39, 0.29) is 5.02 Å². The molecule has 0 radical (unpaired) electrons. The smallest absolute Gasteiger partial charge is 0.162 e. The maximum atomic E-state index is 13.2. The minimum Gasteiger partial charge on any atom is -0.493 e. The zero-order valence-corrected chi connectivity index (χ0v) is 12.9. The van der Waals surface area contributed by atoms with E-state index in [0.717, 1.165) is 0 Å². The molecule has 0 bridgehead atoms. The summed E-state index contributed by atoms with van der Waals surface area (Å²) < 4.78 is 23.5. The Bertz CT molecular complexity index is 662. The van der Waals surface area contributed by atoms with Crippen LogP contribution in [0.2, 0.25) is 10.0 Å². The number of aliphatic hydroxyl groups excluding tert-OH is 1. The summed E-state index contributed by atoms with van der Waals surface area (Å²) in [6.45, 7) is 0. The van der Waals surface area contributed by atoms with Crippen molar-refractivity contribution in [3.05, 3.63) is 57.3 Å². The van der Waals surface area contributed by atoms with Gasteiger partial charge in [0, 0.05) is 11.6 Å². The Morgan fingerprint density at radius 3 is 2.19 bits per heavy atom. The van der Waals surface area contributed by atoms with E-state index in [1.54, 1.807) is 12.1 Å². The lowest BCUT2D eigenvalue weighted by molar-refractivity contribution is 0.219. The summed E-state index contributed by atoms with van der Waals surface area (Å²) in [6.07, 6.45) is -1.06. The summed E-state index contributed by atoms with van der Waals surface area (Å²) in [6, 6.07) is 7.11. The van der Waals surface area contributed by atoms with Crippen LogP contribution in [0.1, 0.15) is 17.2 Å². The Hall–Kier alpha value is -1.49. The highest BCUT2D eigenvalue weighted by Gasteiger charge is 2.19. The SMILES string of the molecule is COc1cc(Cl)c(C(O)c2ccc(F)c(Cl)c2)cc1OC. The van der Waals surface area contributed by atoms with Crippen LogP contribution in [0.5, 0.6) is 11.5 Å². The van der Waals surface area contributed by atoms with Crippen LogP contribution in [0.4, 0.5) is 4.39 Å². The molecule has 6 heteroatoms. The van der Waals surface area contributed by atoms with Gasteiger partial charge in [0.15, 0.2) is 11.5 Å². The van der Waals surface area contributed by atoms with Crippen molar-refractivity contribution in [1.29, 1.82) is 0 Å². The number of ether oxygens (including phenoxy) is 2. The minimum atomic E-state index is -1.06. The second-order valence-corrected chi connectivity index (χ2v) is 5.12. The molecule has 0 saturated carbocycles. The topological polar surface area (TPSA) is 38.7 Å². The molecule has 0 amide bonds. The third kappa shape index (κ3) is 3.23. The van der Waals surface area contributed by atoms with Gasteiger partial charge in [-0.2, -0.15) is 0 Å². The summed E-state index contributed by atoms with van der Waals surface area (Å²) in [4.78, 5) is 0. The molecule has 3 nitrogen and oxygen atoms in total. The fourth-order valence-electron chi connectivity index (χ4n) is 1.94. The largest absolute Gasteiger partial charge is 0.493 e. The zero-order valence-electron chi connectivity index (χ0n) is 11.4. The molecule has 0 saturated heterocycles. The molecule has 1 N–H and O–H groups in total. The van der Waals surface area contributed by atoms with Crippen LogP contribution >= 0.6 is 23.2 Å². The van der Waals surface area contributed by atoms with Gasteiger partial charge in [-0.15, -0.1) is 0 Å². The molecular weight excluding hydrogens is 318 g/mol. The average Bonchev–Trinajstić information content (AvgIpc) is 2.49. The van der Waals surface area contributed by atoms with Crippen molar-refractivity contribution in [3.63, 3.8) is 0 Å². The highest BCUT2D eigenvalue weighted by molar-refractivity contribution is 6.31. The number of rotatable bonds is 4. The van der Waals surface area contributed by atoms with E-state index in [0.29, 0.717) is 27.6 Å². The second kappa shape index (κ2) is 6.52. The number of hydrogen-bond acceptors (Lipinski definition) is 3. The maximum Gasteiger partial charge on any atom is 0.162 e. The minimum absolute atomic E-state index is 0.0665. The number of hydrogen-bond donors (Lipinski definition) is 1. The van der Waals surface area contributed by atoms with Crippen LogP contribution in [0.15, 0.2) is 30.3 Å². The van der Waals surface area contributed by atoms with Gasteiger partial charge in [-0.05, 0) is 23.8 Å². The van der Waals surface area contributed by atoms with E-state index in [4.69, 9.17) is 32.7 Å². The fraction of sp³-hybridized carbons (Fsp3) is 0.200. The van der Waals surface area contributed by atoms with Crippen LogP contribution in [0.3, 0.4) is 0 Å². The summed E-state index contributed by atoms with van der Waals surface area (Å²) in [7, 11) is 2.97. The van der Waals surface area contributed by atoms with Gasteiger partial charge in [-0.1, -0.05) is 29.3 Å². The van der Waals surface area contributed by atoms with Crippen molar-refractivity contribution in [2.45, 2.75) is 6.10 Å². The summed E-state index contributed by atoms with van der Waals surface area (Å²) in [5.74, 6) is 0.339. The zero-order chi connectivity index (χ0) is 15.6. The highest BCUT2D eigenvalue weighted by atomic mass is 35.5. The van der Waals surface area contributed by atoms with E-state index in [1.165, 1.54) is 32.4 Å². The Morgan fingerprint density at radius 1 is 1.00 bits per heavy atom. The van der Waals surface area contributed by atoms with Gasteiger partial charge in [-0.25, -0.2) is 4.39 Å². The Labute approximate surface area is 131 Å². The van der Waals surface area contributed by atoms with E-state index in [2.05, 4.69) is 0 Å². The van der Waals surface area contributed by atoms with E-state index in [1.807, 2.05) is 0 Å². The van der Waals surface area contributed by atoms with Crippen molar-refractivity contribution in [2.24, 2.45) is 0 Å². The molecular formula is C15H13Cl2FO3. The van der Waals surface area contributed by atoms with Crippen molar-refractivity contribution >= 4 is 23.2 Å². The Balaban J connectivity index is 2.47. The molecule has 2 aromatic rings. The van der Waals surface area contributed by atoms with E-state index >= 15 is 0 Å². The fourth-order valence-corrected chi connectivity index (χ4v) is 2.39. The van der Waals surface area contributed by atoms with Crippen molar-refractivity contribution in [1.82, 2.24) is 0 Å². The predicted octanol–water partition coefficient (Wildman–Crippen LogP) is 4.23. The van der Waals surface area contributed by atoms with E-state index in [9.17, 15) is 9.50 Å². The monoisotopic (exact) mass is 330 g/mol. The third-order valence-corrected chi connectivity index (χ3v) is 3.67. The summed E-state index contributed by atoms with van der Waals surface area (Å²) in [5.41, 5.74) is 0.840. The van der Waals surface area contributed by atoms with Crippen LogP contribution in [-0.2, 0) is 0 Å². The summed E-state index contributed by atoms with van der Waals surface area (Å²) >= 11 is 11.9. The molecule has 1 unspecified atom stereocenters. The average molecular weight is 331 g/mol. The molecule has 2 rings (SSSR count). The first-order valence-electron chi connectivity index (χ1n) is 6.02. The quantitative estimate of drug-likeness (QED) is 0.911. The molecule has 0 aliphatic heterocycles. The van der Waals surface area contributed by atoms with Crippen LogP contribution in [0.25, 0.3) is 0 Å². The van der Waals surface area contributed by atoms with Gasteiger partial charge >= 0.3 is 0 Å². The standard InChI is InChI=1S/C15H13Cl2FO3/c1-20-13-6-9(10(16)7-14(13)21-2)15(19)8-3-4-12(18)11(17)5-8/h3-7,15,19H,1-2H3. The molecule has 2 aromatic carbocycles. The van der Waals surface area contributed by atoms with Gasteiger partial charge in [0.25, 0.3) is 0 Å². The second-order valence-electron chi connectivity index (χ2n) is 4.30.